The molecule has 3 aromatic carbocycles. The number of aryl methyl sites for hydroxylation is 4. The average molecular weight is 599 g/mol. The van der Waals surface area contributed by atoms with E-state index in [1.807, 2.05) is 47.6 Å². The molecule has 0 amide bonds. The van der Waals surface area contributed by atoms with Gasteiger partial charge in [0.1, 0.15) is 11.8 Å². The minimum absolute atomic E-state index is 0. The predicted molar refractivity (Wildman–Crippen MR) is 164 cm³/mol. The molecule has 41 heavy (non-hydrogen) atoms. The van der Waals surface area contributed by atoms with E-state index in [1.165, 1.54) is 17.2 Å². The second kappa shape index (κ2) is 13.3. The summed E-state index contributed by atoms with van der Waals surface area (Å²) in [6, 6.07) is 15.8. The van der Waals surface area contributed by atoms with Gasteiger partial charge in [-0.15, -0.1) is 11.5 Å². The second-order valence-corrected chi connectivity index (χ2v) is 12.9. The molecule has 1 heterocycles. The molecule has 0 aromatic heterocycles. The van der Waals surface area contributed by atoms with E-state index in [1.54, 1.807) is 0 Å². The number of benzene rings is 3. The van der Waals surface area contributed by atoms with Crippen LogP contribution in [0.15, 0.2) is 58.5 Å². The summed E-state index contributed by atoms with van der Waals surface area (Å²) in [6.45, 7) is 22.4. The molecule has 222 valence electrons. The van der Waals surface area contributed by atoms with Gasteiger partial charge in [-0.2, -0.15) is 0 Å². The molecule has 3 aromatic rings. The molecule has 1 aliphatic rings. The Bertz CT molecular complexity index is 1330. The SMILES string of the molecule is CC(C)(C)c1cc([O-])c([O-])c(C(C)(C)C)c1.Cc1cccc(C)c1N=C1CC(C)OC1=Nc1c(C)cccc1C.[Ni+2]. The van der Waals surface area contributed by atoms with Gasteiger partial charge < -0.3 is 14.9 Å². The number of rotatable bonds is 2. The van der Waals surface area contributed by atoms with E-state index >= 15 is 0 Å². The van der Waals surface area contributed by atoms with Crippen molar-refractivity contribution < 1.29 is 31.4 Å². The number of hydrogen-bond donors (Lipinski definition) is 0. The van der Waals surface area contributed by atoms with Crippen LogP contribution in [0.5, 0.6) is 11.5 Å². The molecule has 0 aliphatic carbocycles. The summed E-state index contributed by atoms with van der Waals surface area (Å²) in [6.07, 6.45) is 0.897. The maximum atomic E-state index is 11.8. The summed E-state index contributed by atoms with van der Waals surface area (Å²) < 4.78 is 5.96. The van der Waals surface area contributed by atoms with Crippen LogP contribution in [0.25, 0.3) is 0 Å². The Hall–Kier alpha value is -3.11. The molecule has 1 fully saturated rings. The van der Waals surface area contributed by atoms with E-state index in [-0.39, 0.29) is 39.2 Å². The van der Waals surface area contributed by atoms with E-state index in [4.69, 9.17) is 14.7 Å². The third-order valence-electron chi connectivity index (χ3n) is 7.11. The molecule has 0 bridgehead atoms. The van der Waals surface area contributed by atoms with E-state index in [0.29, 0.717) is 11.5 Å². The predicted octanol–water partition coefficient (Wildman–Crippen LogP) is 7.96. The van der Waals surface area contributed by atoms with Crippen LogP contribution in [0.4, 0.5) is 11.4 Å². The van der Waals surface area contributed by atoms with E-state index < -0.39 is 5.75 Å². The average Bonchev–Trinajstić information content (AvgIpc) is 3.18. The normalized spacial score (nSPS) is 17.1. The second-order valence-electron chi connectivity index (χ2n) is 12.9. The molecule has 0 spiro atoms. The van der Waals surface area contributed by atoms with Crippen molar-refractivity contribution in [3.63, 3.8) is 0 Å². The van der Waals surface area contributed by atoms with Gasteiger partial charge in [0.25, 0.3) is 0 Å². The Balaban J connectivity index is 0.000000304. The van der Waals surface area contributed by atoms with Crippen LogP contribution in [0.3, 0.4) is 0 Å². The smallest absolute Gasteiger partial charge is 0.873 e. The van der Waals surface area contributed by atoms with Crippen molar-refractivity contribution in [1.29, 1.82) is 0 Å². The van der Waals surface area contributed by atoms with Crippen molar-refractivity contribution in [1.82, 2.24) is 0 Å². The Morgan fingerprint density at radius 3 is 1.63 bits per heavy atom. The van der Waals surface area contributed by atoms with Crippen molar-refractivity contribution >= 4 is 23.0 Å². The molecule has 0 saturated carbocycles. The first-order valence-electron chi connectivity index (χ1n) is 14.0. The third kappa shape index (κ3) is 8.45. The Labute approximate surface area is 256 Å². The fraction of sp³-hybridized carbons (Fsp3) is 0.429. The van der Waals surface area contributed by atoms with Crippen molar-refractivity contribution in [2.24, 2.45) is 9.98 Å². The third-order valence-corrected chi connectivity index (χ3v) is 7.11. The van der Waals surface area contributed by atoms with Gasteiger partial charge >= 0.3 is 16.5 Å². The van der Waals surface area contributed by atoms with Crippen LogP contribution < -0.4 is 10.2 Å². The zero-order valence-electron chi connectivity index (χ0n) is 26.3. The summed E-state index contributed by atoms with van der Waals surface area (Å²) in [5.74, 6) is -0.0968. The van der Waals surface area contributed by atoms with Crippen LogP contribution in [0.2, 0.25) is 0 Å². The van der Waals surface area contributed by atoms with Crippen LogP contribution >= 0.6 is 0 Å². The maximum Gasteiger partial charge on any atom is 2.00 e. The molecule has 4 rings (SSSR count). The monoisotopic (exact) mass is 598 g/mol. The van der Waals surface area contributed by atoms with Crippen LogP contribution in [0.1, 0.15) is 88.3 Å². The summed E-state index contributed by atoms with van der Waals surface area (Å²) in [7, 11) is 0. The van der Waals surface area contributed by atoms with E-state index in [2.05, 4.69) is 71.0 Å². The number of nitrogens with zero attached hydrogens (tertiary/aromatic N) is 2. The topological polar surface area (TPSA) is 80.1 Å². The molecule has 6 heteroatoms. The maximum absolute atomic E-state index is 11.8. The molecular formula is C35H44N2NiO3. The van der Waals surface area contributed by atoms with Gasteiger partial charge in [-0.05, 0) is 73.3 Å². The van der Waals surface area contributed by atoms with Gasteiger partial charge in [0.2, 0.25) is 5.90 Å². The number of hydrogen-bond acceptors (Lipinski definition) is 5. The van der Waals surface area contributed by atoms with Crippen LogP contribution in [0, 0.1) is 27.7 Å². The molecule has 0 radical (unpaired) electrons. The summed E-state index contributed by atoms with van der Waals surface area (Å²) in [5, 5.41) is 23.4. The minimum Gasteiger partial charge on any atom is -0.873 e. The Morgan fingerprint density at radius 1 is 0.732 bits per heavy atom. The summed E-state index contributed by atoms with van der Waals surface area (Å²) in [5.41, 5.74) is 8.76. The first-order valence-corrected chi connectivity index (χ1v) is 14.0. The number of para-hydroxylation sites is 2. The molecule has 1 saturated heterocycles. The van der Waals surface area contributed by atoms with Gasteiger partial charge in [-0.1, -0.05) is 95.6 Å². The van der Waals surface area contributed by atoms with Gasteiger partial charge in [0, 0.05) is 6.42 Å². The van der Waals surface area contributed by atoms with Crippen molar-refractivity contribution in [3.8, 4) is 11.5 Å². The quantitative estimate of drug-likeness (QED) is 0.281. The molecule has 1 unspecified atom stereocenters. The molecule has 0 N–H and O–H groups in total. The fourth-order valence-corrected chi connectivity index (χ4v) is 4.64. The van der Waals surface area contributed by atoms with Gasteiger partial charge in [-0.25, -0.2) is 9.98 Å². The number of aliphatic imine (C=N–C) groups is 2. The van der Waals surface area contributed by atoms with Crippen molar-refractivity contribution in [2.75, 3.05) is 0 Å². The van der Waals surface area contributed by atoms with Crippen LogP contribution in [-0.4, -0.2) is 17.7 Å². The fourth-order valence-electron chi connectivity index (χ4n) is 4.64. The molecule has 5 nitrogen and oxygen atoms in total. The Kier molecular flexibility index (Phi) is 11.0. The first kappa shape index (κ1) is 34.1. The van der Waals surface area contributed by atoms with E-state index in [9.17, 15) is 10.2 Å². The van der Waals surface area contributed by atoms with Gasteiger partial charge in [0.05, 0.1) is 11.4 Å². The first-order chi connectivity index (χ1) is 18.5. The summed E-state index contributed by atoms with van der Waals surface area (Å²) >= 11 is 0. The van der Waals surface area contributed by atoms with Crippen LogP contribution in [-0.2, 0) is 32.1 Å². The van der Waals surface area contributed by atoms with Crippen molar-refractivity contribution in [2.45, 2.75) is 99.5 Å². The molecule has 1 atom stereocenters. The van der Waals surface area contributed by atoms with E-state index in [0.717, 1.165) is 40.2 Å². The zero-order valence-corrected chi connectivity index (χ0v) is 27.3. The summed E-state index contributed by atoms with van der Waals surface area (Å²) in [4.78, 5) is 9.71. The number of ether oxygens (including phenoxy) is 1. The van der Waals surface area contributed by atoms with Gasteiger partial charge in [0.15, 0.2) is 0 Å². The zero-order chi connectivity index (χ0) is 30.0. The Morgan fingerprint density at radius 2 is 1.20 bits per heavy atom. The van der Waals surface area contributed by atoms with Crippen molar-refractivity contribution in [3.05, 3.63) is 81.9 Å². The molecule has 1 aliphatic heterocycles. The van der Waals surface area contributed by atoms with Gasteiger partial charge in [-0.3, -0.25) is 0 Å². The minimum atomic E-state index is -0.391. The standard InChI is InChI=1S/C21H24N2O.C14H22O2.Ni/c1-13-8-6-9-14(2)19(13)22-18-12-17(5)24-21(18)23-20-15(3)10-7-11-16(20)4;1-13(2,3)9-7-10(14(4,5)6)12(16)11(15)8-9;/h6-11,17H,12H2,1-5H3;7-8,15-16H,1-6H3;/q;;+2/p-2. The molecular weight excluding hydrogens is 555 g/mol. The largest absolute Gasteiger partial charge is 2.00 e.